The van der Waals surface area contributed by atoms with Crippen LogP contribution in [0.25, 0.3) is 22.4 Å². The van der Waals surface area contributed by atoms with E-state index >= 15 is 0 Å². The Morgan fingerprint density at radius 2 is 1.78 bits per heavy atom. The second-order valence-corrected chi connectivity index (χ2v) is 3.75. The lowest BCUT2D eigenvalue weighted by Crippen LogP contribution is -1.88. The van der Waals surface area contributed by atoms with Crippen molar-refractivity contribution in [2.24, 2.45) is 0 Å². The lowest BCUT2D eigenvalue weighted by atomic mass is 10.0. The molecule has 18 heavy (non-hydrogen) atoms. The maximum Gasteiger partial charge on any atom is 0.230 e. The molecule has 3 aromatic rings. The minimum Gasteiger partial charge on any atom is -0.367 e. The Morgan fingerprint density at radius 3 is 2.50 bits per heavy atom. The van der Waals surface area contributed by atoms with E-state index in [4.69, 9.17) is 10.3 Å². The summed E-state index contributed by atoms with van der Waals surface area (Å²) in [6, 6.07) is 7.48. The first-order chi connectivity index (χ1) is 8.86. The summed E-state index contributed by atoms with van der Waals surface area (Å²) >= 11 is 0. The molecular weight excluding hydrogens is 228 g/mol. The molecule has 3 heterocycles. The van der Waals surface area contributed by atoms with Crippen molar-refractivity contribution in [3.8, 4) is 22.4 Å². The average molecular weight is 238 g/mol. The van der Waals surface area contributed by atoms with Crippen molar-refractivity contribution < 1.29 is 4.52 Å². The Balaban J connectivity index is 2.19. The smallest absolute Gasteiger partial charge is 0.230 e. The molecule has 5 nitrogen and oxygen atoms in total. The van der Waals surface area contributed by atoms with E-state index in [1.165, 1.54) is 0 Å². The van der Waals surface area contributed by atoms with Gasteiger partial charge in [0.15, 0.2) is 0 Å². The van der Waals surface area contributed by atoms with Gasteiger partial charge in [0.2, 0.25) is 5.88 Å². The lowest BCUT2D eigenvalue weighted by Gasteiger charge is -2.01. The topological polar surface area (TPSA) is 77.8 Å². The van der Waals surface area contributed by atoms with Gasteiger partial charge in [-0.2, -0.15) is 0 Å². The number of anilines is 1. The molecule has 0 aliphatic rings. The van der Waals surface area contributed by atoms with Crippen LogP contribution >= 0.6 is 0 Å². The van der Waals surface area contributed by atoms with Gasteiger partial charge in [-0.05, 0) is 18.2 Å². The summed E-state index contributed by atoms with van der Waals surface area (Å²) in [5.74, 6) is 0.287. The number of nitrogens with zero attached hydrogens (tertiary/aromatic N) is 3. The number of rotatable bonds is 2. The van der Waals surface area contributed by atoms with E-state index < -0.39 is 0 Å². The Morgan fingerprint density at radius 1 is 0.944 bits per heavy atom. The molecule has 0 radical (unpaired) electrons. The molecule has 88 valence electrons. The third-order valence-corrected chi connectivity index (χ3v) is 2.62. The molecule has 0 unspecified atom stereocenters. The SMILES string of the molecule is Nc1onc(-c2ccncc2)c1-c1cccnc1. The number of pyridine rings is 2. The molecule has 0 bridgehead atoms. The number of nitrogens with two attached hydrogens (primary N) is 1. The van der Waals surface area contributed by atoms with E-state index in [1.807, 2.05) is 24.3 Å². The molecule has 3 rings (SSSR count). The van der Waals surface area contributed by atoms with Crippen LogP contribution < -0.4 is 5.73 Å². The molecule has 3 aromatic heterocycles. The van der Waals surface area contributed by atoms with Crippen LogP contribution in [0.1, 0.15) is 0 Å². The van der Waals surface area contributed by atoms with Gasteiger partial charge < -0.3 is 10.3 Å². The summed E-state index contributed by atoms with van der Waals surface area (Å²) in [6.07, 6.45) is 6.84. The molecule has 0 saturated heterocycles. The zero-order valence-corrected chi connectivity index (χ0v) is 9.45. The number of aromatic nitrogens is 3. The summed E-state index contributed by atoms with van der Waals surface area (Å²) in [6.45, 7) is 0. The van der Waals surface area contributed by atoms with E-state index in [0.29, 0.717) is 5.69 Å². The van der Waals surface area contributed by atoms with Gasteiger partial charge in [0.05, 0.1) is 5.56 Å². The highest BCUT2D eigenvalue weighted by Crippen LogP contribution is 2.35. The van der Waals surface area contributed by atoms with Crippen molar-refractivity contribution in [2.45, 2.75) is 0 Å². The first-order valence-electron chi connectivity index (χ1n) is 5.42. The third kappa shape index (κ3) is 1.71. The Hall–Kier alpha value is -2.69. The first-order valence-corrected chi connectivity index (χ1v) is 5.42. The fraction of sp³-hybridized carbons (Fsp3) is 0. The highest BCUT2D eigenvalue weighted by Gasteiger charge is 2.17. The van der Waals surface area contributed by atoms with Crippen LogP contribution in [0.15, 0.2) is 53.6 Å². The maximum absolute atomic E-state index is 5.84. The van der Waals surface area contributed by atoms with Gasteiger partial charge in [0.1, 0.15) is 5.69 Å². The Kier molecular flexibility index (Phi) is 2.49. The van der Waals surface area contributed by atoms with Crippen LogP contribution in [0.3, 0.4) is 0 Å². The standard InChI is InChI=1S/C13H10N4O/c14-13-11(10-2-1-5-16-8-10)12(17-18-13)9-3-6-15-7-4-9/h1-8H,14H2. The number of hydrogen-bond acceptors (Lipinski definition) is 5. The second-order valence-electron chi connectivity index (χ2n) is 3.75. The fourth-order valence-electron chi connectivity index (χ4n) is 1.80. The van der Waals surface area contributed by atoms with Crippen molar-refractivity contribution >= 4 is 5.88 Å². The van der Waals surface area contributed by atoms with Gasteiger partial charge in [0.25, 0.3) is 0 Å². The van der Waals surface area contributed by atoms with Crippen LogP contribution in [0.4, 0.5) is 5.88 Å². The molecule has 2 N–H and O–H groups in total. The molecular formula is C13H10N4O. The van der Waals surface area contributed by atoms with Gasteiger partial charge in [-0.1, -0.05) is 11.2 Å². The number of nitrogen functional groups attached to an aromatic ring is 1. The minimum absolute atomic E-state index is 0.287. The highest BCUT2D eigenvalue weighted by atomic mass is 16.5. The van der Waals surface area contributed by atoms with E-state index in [9.17, 15) is 0 Å². The first kappa shape index (κ1) is 10.5. The van der Waals surface area contributed by atoms with Crippen molar-refractivity contribution in [2.75, 3.05) is 5.73 Å². The van der Waals surface area contributed by atoms with Gasteiger partial charge in [0, 0.05) is 35.9 Å². The maximum atomic E-state index is 5.84. The third-order valence-electron chi connectivity index (χ3n) is 2.62. The zero-order valence-electron chi connectivity index (χ0n) is 9.45. The second kappa shape index (κ2) is 4.29. The Labute approximate surface area is 103 Å². The molecule has 5 heteroatoms. The van der Waals surface area contributed by atoms with E-state index in [0.717, 1.165) is 16.7 Å². The summed E-state index contributed by atoms with van der Waals surface area (Å²) in [4.78, 5) is 8.06. The van der Waals surface area contributed by atoms with Gasteiger partial charge in [-0.25, -0.2) is 0 Å². The molecule has 0 saturated carbocycles. The van der Waals surface area contributed by atoms with Crippen molar-refractivity contribution in [1.29, 1.82) is 0 Å². The molecule has 0 aliphatic heterocycles. The summed E-state index contributed by atoms with van der Waals surface area (Å²) in [7, 11) is 0. The number of hydrogen-bond donors (Lipinski definition) is 1. The van der Waals surface area contributed by atoms with Crippen molar-refractivity contribution in [3.63, 3.8) is 0 Å². The predicted octanol–water partition coefficient (Wildman–Crippen LogP) is 2.38. The molecule has 0 aliphatic carbocycles. The molecule has 0 amide bonds. The van der Waals surface area contributed by atoms with Crippen LogP contribution in [0, 0.1) is 0 Å². The van der Waals surface area contributed by atoms with Crippen LogP contribution in [0.5, 0.6) is 0 Å². The molecule has 0 spiro atoms. The molecule has 0 aromatic carbocycles. The monoisotopic (exact) mass is 238 g/mol. The predicted molar refractivity (Wildman–Crippen MR) is 67.4 cm³/mol. The normalized spacial score (nSPS) is 10.4. The quantitative estimate of drug-likeness (QED) is 0.741. The molecule has 0 atom stereocenters. The Bertz CT molecular complexity index is 649. The van der Waals surface area contributed by atoms with E-state index in [1.54, 1.807) is 24.8 Å². The largest absolute Gasteiger partial charge is 0.367 e. The van der Waals surface area contributed by atoms with E-state index in [-0.39, 0.29) is 5.88 Å². The van der Waals surface area contributed by atoms with Crippen LogP contribution in [-0.2, 0) is 0 Å². The van der Waals surface area contributed by atoms with Crippen molar-refractivity contribution in [1.82, 2.24) is 15.1 Å². The van der Waals surface area contributed by atoms with Crippen LogP contribution in [0.2, 0.25) is 0 Å². The summed E-state index contributed by atoms with van der Waals surface area (Å²) in [5, 5.41) is 4.01. The van der Waals surface area contributed by atoms with E-state index in [2.05, 4.69) is 15.1 Å². The average Bonchev–Trinajstić information content (AvgIpc) is 2.83. The lowest BCUT2D eigenvalue weighted by molar-refractivity contribution is 0.439. The van der Waals surface area contributed by atoms with Gasteiger partial charge in [-0.15, -0.1) is 0 Å². The summed E-state index contributed by atoms with van der Waals surface area (Å²) < 4.78 is 5.08. The minimum atomic E-state index is 0.287. The highest BCUT2D eigenvalue weighted by molar-refractivity contribution is 5.86. The van der Waals surface area contributed by atoms with Gasteiger partial charge in [-0.3, -0.25) is 9.97 Å². The zero-order chi connectivity index (χ0) is 12.4. The summed E-state index contributed by atoms with van der Waals surface area (Å²) in [5.41, 5.74) is 9.08. The van der Waals surface area contributed by atoms with Gasteiger partial charge >= 0.3 is 0 Å². The fourth-order valence-corrected chi connectivity index (χ4v) is 1.80. The van der Waals surface area contributed by atoms with Crippen molar-refractivity contribution in [3.05, 3.63) is 49.1 Å². The molecule has 0 fully saturated rings. The van der Waals surface area contributed by atoms with Crippen LogP contribution in [-0.4, -0.2) is 15.1 Å².